The summed E-state index contributed by atoms with van der Waals surface area (Å²) in [5.41, 5.74) is 2.94. The molecule has 0 saturated carbocycles. The number of benzene rings is 2. The second-order valence-corrected chi connectivity index (χ2v) is 10.7. The largest absolute Gasteiger partial charge is 0.492 e. The molecular weight excluding hydrogens is 412 g/mol. The number of hydrogen-bond donors (Lipinski definition) is 1. The monoisotopic (exact) mass is 446 g/mol. The number of nitrogens with one attached hydrogen (secondary N) is 1. The predicted octanol–water partition coefficient (Wildman–Crippen LogP) is 4.03. The van der Waals surface area contributed by atoms with Crippen molar-refractivity contribution in [3.8, 4) is 5.75 Å². The lowest BCUT2D eigenvalue weighted by Crippen LogP contribution is -2.33. The summed E-state index contributed by atoms with van der Waals surface area (Å²) in [6, 6.07) is 15.3. The third-order valence-electron chi connectivity index (χ3n) is 4.87. The first-order chi connectivity index (χ1) is 14.5. The van der Waals surface area contributed by atoms with E-state index in [4.69, 9.17) is 4.74 Å². The highest BCUT2D eigenvalue weighted by molar-refractivity contribution is 7.92. The van der Waals surface area contributed by atoms with Crippen LogP contribution < -0.4 is 14.4 Å². The van der Waals surface area contributed by atoms with Crippen LogP contribution in [0.25, 0.3) is 0 Å². The highest BCUT2D eigenvalue weighted by atomic mass is 32.2. The van der Waals surface area contributed by atoms with Crippen LogP contribution in [-0.2, 0) is 20.2 Å². The van der Waals surface area contributed by atoms with Crippen LogP contribution >= 0.6 is 0 Å². The zero-order valence-electron chi connectivity index (χ0n) is 19.1. The fourth-order valence-electron chi connectivity index (χ4n) is 3.15. The van der Waals surface area contributed by atoms with E-state index in [9.17, 15) is 13.2 Å². The van der Waals surface area contributed by atoms with Gasteiger partial charge in [-0.1, -0.05) is 45.0 Å². The number of hydrogen-bond acceptors (Lipinski definition) is 4. The Hall–Kier alpha value is -2.54. The zero-order chi connectivity index (χ0) is 23.1. The van der Waals surface area contributed by atoms with Crippen LogP contribution in [0.2, 0.25) is 0 Å². The van der Waals surface area contributed by atoms with Gasteiger partial charge in [-0.25, -0.2) is 8.42 Å². The lowest BCUT2D eigenvalue weighted by atomic mass is 9.87. The number of ether oxygens (including phenoxy) is 1. The maximum absolute atomic E-state index is 12.1. The Morgan fingerprint density at radius 3 is 2.35 bits per heavy atom. The van der Waals surface area contributed by atoms with E-state index >= 15 is 0 Å². The fourth-order valence-corrected chi connectivity index (χ4v) is 4.11. The van der Waals surface area contributed by atoms with E-state index in [1.54, 1.807) is 6.07 Å². The van der Waals surface area contributed by atoms with Gasteiger partial charge in [-0.15, -0.1) is 0 Å². The van der Waals surface area contributed by atoms with E-state index in [1.807, 2.05) is 37.3 Å². The first-order valence-electron chi connectivity index (χ1n) is 10.5. The molecule has 31 heavy (non-hydrogen) atoms. The Morgan fingerprint density at radius 2 is 1.77 bits per heavy atom. The Labute approximate surface area is 186 Å². The number of carbonyl (C=O) groups is 1. The highest BCUT2D eigenvalue weighted by Crippen LogP contribution is 2.24. The third kappa shape index (κ3) is 8.25. The molecule has 7 heteroatoms. The number of anilines is 1. The van der Waals surface area contributed by atoms with E-state index in [-0.39, 0.29) is 24.3 Å². The number of sulfonamides is 1. The minimum atomic E-state index is -3.42. The first-order valence-corrected chi connectivity index (χ1v) is 12.4. The minimum Gasteiger partial charge on any atom is -0.492 e. The molecule has 170 valence electrons. The summed E-state index contributed by atoms with van der Waals surface area (Å²) in [5.74, 6) is 0.647. The second-order valence-electron chi connectivity index (χ2n) is 8.75. The molecule has 0 radical (unpaired) electrons. The van der Waals surface area contributed by atoms with Crippen LogP contribution in [0.1, 0.15) is 44.7 Å². The van der Waals surface area contributed by atoms with Crippen LogP contribution in [0.3, 0.4) is 0 Å². The molecule has 2 rings (SSSR count). The number of carbonyl (C=O) groups excluding carboxylic acids is 1. The molecule has 1 amide bonds. The van der Waals surface area contributed by atoms with Crippen molar-refractivity contribution < 1.29 is 17.9 Å². The van der Waals surface area contributed by atoms with Gasteiger partial charge in [0, 0.05) is 13.0 Å². The molecule has 6 nitrogen and oxygen atoms in total. The van der Waals surface area contributed by atoms with Crippen molar-refractivity contribution in [2.45, 2.75) is 46.0 Å². The van der Waals surface area contributed by atoms with Gasteiger partial charge in [0.15, 0.2) is 0 Å². The quantitative estimate of drug-likeness (QED) is 0.559. The summed E-state index contributed by atoms with van der Waals surface area (Å²) < 4.78 is 31.3. The third-order valence-corrected chi connectivity index (χ3v) is 6.06. The zero-order valence-corrected chi connectivity index (χ0v) is 20.0. The lowest BCUT2D eigenvalue weighted by molar-refractivity contribution is -0.121. The fraction of sp³-hybridized carbons (Fsp3) is 0.458. The molecular formula is C24H34N2O4S. The summed E-state index contributed by atoms with van der Waals surface area (Å²) in [5, 5.41) is 2.82. The van der Waals surface area contributed by atoms with Crippen LogP contribution in [-0.4, -0.2) is 40.3 Å². The summed E-state index contributed by atoms with van der Waals surface area (Å²) in [4.78, 5) is 12.1. The van der Waals surface area contributed by atoms with Crippen molar-refractivity contribution in [3.05, 3.63) is 59.7 Å². The van der Waals surface area contributed by atoms with Gasteiger partial charge in [0.1, 0.15) is 12.4 Å². The second kappa shape index (κ2) is 10.7. The van der Waals surface area contributed by atoms with Crippen LogP contribution in [0.5, 0.6) is 5.75 Å². The van der Waals surface area contributed by atoms with E-state index in [1.165, 1.54) is 16.1 Å². The van der Waals surface area contributed by atoms with Gasteiger partial charge in [-0.2, -0.15) is 0 Å². The van der Waals surface area contributed by atoms with Gasteiger partial charge in [-0.05, 0) is 54.2 Å². The number of rotatable bonds is 10. The molecule has 0 heterocycles. The standard InChI is InChI=1S/C24H34N2O4S/c1-19-8-6-9-21(18-19)26(31(5,28)29)16-7-10-23(27)25-15-17-30-22-13-11-20(12-14-22)24(2,3)4/h6,8-9,11-14,18H,7,10,15-17H2,1-5H3,(H,25,27). The van der Waals surface area contributed by atoms with Crippen LogP contribution in [0.15, 0.2) is 48.5 Å². The summed E-state index contributed by atoms with van der Waals surface area (Å²) in [7, 11) is -3.42. The average molecular weight is 447 g/mol. The maximum atomic E-state index is 12.1. The van der Waals surface area contributed by atoms with Crippen molar-refractivity contribution in [1.29, 1.82) is 0 Å². The van der Waals surface area contributed by atoms with Crippen molar-refractivity contribution in [1.82, 2.24) is 5.32 Å². The molecule has 0 spiro atoms. The molecule has 0 aliphatic rings. The SMILES string of the molecule is Cc1cccc(N(CCCC(=O)NCCOc2ccc(C(C)(C)C)cc2)S(C)(=O)=O)c1. The normalized spacial score (nSPS) is 11.8. The summed E-state index contributed by atoms with van der Waals surface area (Å²) in [6.07, 6.45) is 1.86. The molecule has 0 unspecified atom stereocenters. The molecule has 0 bridgehead atoms. The Balaban J connectivity index is 1.74. The highest BCUT2D eigenvalue weighted by Gasteiger charge is 2.17. The van der Waals surface area contributed by atoms with Gasteiger partial charge in [-0.3, -0.25) is 9.10 Å². The molecule has 0 aliphatic carbocycles. The van der Waals surface area contributed by atoms with E-state index in [0.29, 0.717) is 25.3 Å². The molecule has 0 atom stereocenters. The van der Waals surface area contributed by atoms with Crippen LogP contribution in [0, 0.1) is 6.92 Å². The number of aryl methyl sites for hydroxylation is 1. The summed E-state index contributed by atoms with van der Waals surface area (Å²) in [6.45, 7) is 9.43. The predicted molar refractivity (Wildman–Crippen MR) is 126 cm³/mol. The molecule has 0 saturated heterocycles. The molecule has 0 fully saturated rings. The van der Waals surface area contributed by atoms with Crippen molar-refractivity contribution in [2.75, 3.05) is 30.3 Å². The Morgan fingerprint density at radius 1 is 1.10 bits per heavy atom. The maximum Gasteiger partial charge on any atom is 0.232 e. The first kappa shape index (κ1) is 24.7. The van der Waals surface area contributed by atoms with Gasteiger partial charge in [0.2, 0.25) is 15.9 Å². The van der Waals surface area contributed by atoms with E-state index in [2.05, 4.69) is 38.2 Å². The van der Waals surface area contributed by atoms with Gasteiger partial charge >= 0.3 is 0 Å². The number of amides is 1. The molecule has 0 aromatic heterocycles. The Kier molecular flexibility index (Phi) is 8.51. The van der Waals surface area contributed by atoms with Gasteiger partial charge in [0.05, 0.1) is 18.5 Å². The van der Waals surface area contributed by atoms with E-state index < -0.39 is 10.0 Å². The smallest absolute Gasteiger partial charge is 0.232 e. The van der Waals surface area contributed by atoms with Gasteiger partial charge < -0.3 is 10.1 Å². The lowest BCUT2D eigenvalue weighted by Gasteiger charge is -2.22. The molecule has 2 aromatic carbocycles. The van der Waals surface area contributed by atoms with Crippen LogP contribution in [0.4, 0.5) is 5.69 Å². The van der Waals surface area contributed by atoms with Crippen molar-refractivity contribution >= 4 is 21.6 Å². The minimum absolute atomic E-state index is 0.0958. The van der Waals surface area contributed by atoms with Gasteiger partial charge in [0.25, 0.3) is 0 Å². The molecule has 2 aromatic rings. The molecule has 1 N–H and O–H groups in total. The van der Waals surface area contributed by atoms with Crippen molar-refractivity contribution in [3.63, 3.8) is 0 Å². The van der Waals surface area contributed by atoms with Crippen molar-refractivity contribution in [2.24, 2.45) is 0 Å². The number of nitrogens with zero attached hydrogens (tertiary/aromatic N) is 1. The average Bonchev–Trinajstić information content (AvgIpc) is 2.67. The topological polar surface area (TPSA) is 75.7 Å². The molecule has 0 aliphatic heterocycles. The Bertz CT molecular complexity index is 964. The summed E-state index contributed by atoms with van der Waals surface area (Å²) >= 11 is 0. The van der Waals surface area contributed by atoms with E-state index in [0.717, 1.165) is 11.3 Å².